The largest absolute Gasteiger partial charge is 0.496 e. The van der Waals surface area contributed by atoms with Crippen LogP contribution in [0.1, 0.15) is 0 Å². The predicted molar refractivity (Wildman–Crippen MR) is 25.9 cm³/mol. The zero-order valence-corrected chi connectivity index (χ0v) is 3.92. The van der Waals surface area contributed by atoms with Crippen LogP contribution in [-0.4, -0.2) is 6.61 Å². The van der Waals surface area contributed by atoms with Crippen LogP contribution in [0.3, 0.4) is 0 Å². The van der Waals surface area contributed by atoms with Crippen LogP contribution in [0.5, 0.6) is 0 Å². The van der Waals surface area contributed by atoms with Gasteiger partial charge in [0.05, 0.1) is 5.92 Å². The van der Waals surface area contributed by atoms with E-state index in [-0.39, 0.29) is 0 Å². The average Bonchev–Trinajstić information content (AvgIpc) is 2.21. The summed E-state index contributed by atoms with van der Waals surface area (Å²) in [6.07, 6.45) is 2.14. The molecular formula is C4H8N2O. The molecule has 1 heterocycles. The fourth-order valence-electron chi connectivity index (χ4n) is 0.522. The second-order valence-electron chi connectivity index (χ2n) is 1.49. The van der Waals surface area contributed by atoms with Crippen molar-refractivity contribution in [2.24, 2.45) is 17.6 Å². The summed E-state index contributed by atoms with van der Waals surface area (Å²) in [5.74, 6) is 10.0. The van der Waals surface area contributed by atoms with Crippen LogP contribution < -0.4 is 11.7 Å². The van der Waals surface area contributed by atoms with E-state index in [1.165, 1.54) is 5.76 Å². The van der Waals surface area contributed by atoms with Gasteiger partial charge in [0.25, 0.3) is 0 Å². The molecule has 3 nitrogen and oxygen atoms in total. The SMILES string of the molecule is C1=C2OCC12.NN. The average molecular weight is 100 g/mol. The van der Waals surface area contributed by atoms with Gasteiger partial charge in [-0.15, -0.1) is 0 Å². The van der Waals surface area contributed by atoms with E-state index in [2.05, 4.69) is 17.8 Å². The number of hydrazine groups is 1. The van der Waals surface area contributed by atoms with E-state index in [0.29, 0.717) is 0 Å². The fourth-order valence-corrected chi connectivity index (χ4v) is 0.522. The van der Waals surface area contributed by atoms with Crippen molar-refractivity contribution < 1.29 is 4.74 Å². The van der Waals surface area contributed by atoms with Crippen molar-refractivity contribution in [3.05, 3.63) is 11.8 Å². The van der Waals surface area contributed by atoms with Gasteiger partial charge in [0.15, 0.2) is 0 Å². The maximum atomic E-state index is 4.87. The molecule has 1 aliphatic carbocycles. The lowest BCUT2D eigenvalue weighted by molar-refractivity contribution is 0.126. The van der Waals surface area contributed by atoms with E-state index in [9.17, 15) is 0 Å². The Morgan fingerprint density at radius 3 is 2.29 bits per heavy atom. The molecule has 1 unspecified atom stereocenters. The van der Waals surface area contributed by atoms with Gasteiger partial charge in [-0.1, -0.05) is 0 Å². The zero-order valence-electron chi connectivity index (χ0n) is 3.92. The fraction of sp³-hybridized carbons (Fsp3) is 0.500. The minimum Gasteiger partial charge on any atom is -0.496 e. The van der Waals surface area contributed by atoms with Crippen LogP contribution in [0.15, 0.2) is 11.8 Å². The van der Waals surface area contributed by atoms with Gasteiger partial charge >= 0.3 is 0 Å². The normalized spacial score (nSPS) is 29.4. The Hall–Kier alpha value is -0.540. The number of fused-ring (bicyclic) bond motifs is 1. The van der Waals surface area contributed by atoms with Gasteiger partial charge in [0, 0.05) is 0 Å². The standard InChI is InChI=1S/C4H4O.H4N2/c1-3-2-5-4(1)3;1-2/h1,3H,2H2;1-2H2. The summed E-state index contributed by atoms with van der Waals surface area (Å²) < 4.78 is 4.87. The van der Waals surface area contributed by atoms with Crippen LogP contribution in [0.4, 0.5) is 0 Å². The number of ether oxygens (including phenoxy) is 1. The first-order valence-corrected chi connectivity index (χ1v) is 2.15. The van der Waals surface area contributed by atoms with Crippen LogP contribution in [0, 0.1) is 5.92 Å². The van der Waals surface area contributed by atoms with Crippen molar-refractivity contribution in [2.45, 2.75) is 0 Å². The summed E-state index contributed by atoms with van der Waals surface area (Å²) in [7, 11) is 0. The van der Waals surface area contributed by atoms with Crippen molar-refractivity contribution >= 4 is 0 Å². The van der Waals surface area contributed by atoms with E-state index in [0.717, 1.165) is 12.5 Å². The minimum absolute atomic E-state index is 0.801. The van der Waals surface area contributed by atoms with Gasteiger partial charge in [0.1, 0.15) is 12.4 Å². The lowest BCUT2D eigenvalue weighted by atomic mass is 10.3. The van der Waals surface area contributed by atoms with E-state index < -0.39 is 0 Å². The number of rotatable bonds is 0. The molecule has 4 N–H and O–H groups in total. The third kappa shape index (κ3) is 0.597. The van der Waals surface area contributed by atoms with E-state index >= 15 is 0 Å². The Morgan fingerprint density at radius 2 is 2.29 bits per heavy atom. The molecule has 1 atom stereocenters. The molecule has 0 aromatic rings. The third-order valence-corrected chi connectivity index (χ3v) is 1.05. The molecule has 2 aliphatic rings. The molecule has 0 amide bonds. The molecule has 0 spiro atoms. The minimum atomic E-state index is 0.801. The second kappa shape index (κ2) is 1.52. The van der Waals surface area contributed by atoms with Gasteiger partial charge in [-0.05, 0) is 6.08 Å². The predicted octanol–water partition coefficient (Wildman–Crippen LogP) is -0.651. The van der Waals surface area contributed by atoms with Gasteiger partial charge in [-0.2, -0.15) is 0 Å². The summed E-state index contributed by atoms with van der Waals surface area (Å²) in [4.78, 5) is 0. The molecule has 2 rings (SSSR count). The van der Waals surface area contributed by atoms with Crippen molar-refractivity contribution in [1.82, 2.24) is 0 Å². The Balaban J connectivity index is 0.000000112. The van der Waals surface area contributed by atoms with E-state index in [1.807, 2.05) is 0 Å². The summed E-state index contributed by atoms with van der Waals surface area (Å²) in [6, 6.07) is 0. The highest BCUT2D eigenvalue weighted by Crippen LogP contribution is 2.39. The summed E-state index contributed by atoms with van der Waals surface area (Å²) in [5, 5.41) is 0. The van der Waals surface area contributed by atoms with Crippen LogP contribution in [-0.2, 0) is 4.74 Å². The first-order valence-electron chi connectivity index (χ1n) is 2.15. The summed E-state index contributed by atoms with van der Waals surface area (Å²) in [5.41, 5.74) is 0. The lowest BCUT2D eigenvalue weighted by Crippen LogP contribution is -2.05. The third-order valence-electron chi connectivity index (χ3n) is 1.05. The number of nitrogens with two attached hydrogens (primary N) is 2. The van der Waals surface area contributed by atoms with E-state index in [4.69, 9.17) is 4.74 Å². The van der Waals surface area contributed by atoms with Crippen molar-refractivity contribution in [3.63, 3.8) is 0 Å². The highest BCUT2D eigenvalue weighted by atomic mass is 16.5. The first kappa shape index (κ1) is 4.61. The van der Waals surface area contributed by atoms with Crippen molar-refractivity contribution in [1.29, 1.82) is 0 Å². The Bertz CT molecular complexity index is 99.9. The Kier molecular flexibility index (Phi) is 1.00. The van der Waals surface area contributed by atoms with Gasteiger partial charge in [0.2, 0.25) is 0 Å². The molecule has 3 heteroatoms. The maximum Gasteiger partial charge on any atom is 0.103 e. The van der Waals surface area contributed by atoms with Crippen molar-refractivity contribution in [3.8, 4) is 0 Å². The molecule has 7 heavy (non-hydrogen) atoms. The highest BCUT2D eigenvalue weighted by Gasteiger charge is 2.36. The molecular weight excluding hydrogens is 92.1 g/mol. The summed E-state index contributed by atoms with van der Waals surface area (Å²) in [6.45, 7) is 0.968. The van der Waals surface area contributed by atoms with Crippen LogP contribution >= 0.6 is 0 Å². The van der Waals surface area contributed by atoms with Crippen LogP contribution in [0.25, 0.3) is 0 Å². The molecule has 0 radical (unpaired) electrons. The zero-order chi connectivity index (χ0) is 5.28. The van der Waals surface area contributed by atoms with Crippen LogP contribution in [0.2, 0.25) is 0 Å². The molecule has 1 saturated heterocycles. The molecule has 0 bridgehead atoms. The molecule has 1 aliphatic heterocycles. The van der Waals surface area contributed by atoms with Gasteiger partial charge in [-0.3, -0.25) is 11.7 Å². The first-order chi connectivity index (χ1) is 3.47. The number of hydrogen-bond donors (Lipinski definition) is 2. The van der Waals surface area contributed by atoms with E-state index in [1.54, 1.807) is 0 Å². The Morgan fingerprint density at radius 1 is 1.71 bits per heavy atom. The molecule has 0 saturated carbocycles. The highest BCUT2D eigenvalue weighted by molar-refractivity contribution is 5.28. The lowest BCUT2D eigenvalue weighted by Gasteiger charge is -2.09. The van der Waals surface area contributed by atoms with Gasteiger partial charge in [-0.25, -0.2) is 0 Å². The smallest absolute Gasteiger partial charge is 0.103 e. The molecule has 1 fully saturated rings. The summed E-state index contributed by atoms with van der Waals surface area (Å²) >= 11 is 0. The molecule has 0 aromatic carbocycles. The maximum absolute atomic E-state index is 4.87. The monoisotopic (exact) mass is 100 g/mol. The second-order valence-corrected chi connectivity index (χ2v) is 1.49. The topological polar surface area (TPSA) is 61.3 Å². The molecule has 40 valence electrons. The Labute approximate surface area is 41.9 Å². The van der Waals surface area contributed by atoms with Gasteiger partial charge < -0.3 is 4.74 Å². The molecule has 0 aromatic heterocycles. The number of hydrogen-bond acceptors (Lipinski definition) is 3. The quantitative estimate of drug-likeness (QED) is 0.314. The van der Waals surface area contributed by atoms with Crippen molar-refractivity contribution in [2.75, 3.05) is 6.61 Å².